The SMILES string of the molecule is NC(=O)c1cc(CC(Br)CBr)c(C(N)=O)c(CC(Br)CBr)c1C(N)=O. The van der Waals surface area contributed by atoms with Gasteiger partial charge in [-0.15, -0.1) is 0 Å². The van der Waals surface area contributed by atoms with Crippen LogP contribution in [0, 0.1) is 0 Å². The topological polar surface area (TPSA) is 129 Å². The van der Waals surface area contributed by atoms with E-state index in [0.29, 0.717) is 28.2 Å². The van der Waals surface area contributed by atoms with Crippen molar-refractivity contribution in [2.45, 2.75) is 22.5 Å². The lowest BCUT2D eigenvalue weighted by atomic mass is 9.86. The monoisotopic (exact) mass is 603 g/mol. The average Bonchev–Trinajstić information content (AvgIpc) is 2.52. The van der Waals surface area contributed by atoms with Crippen LogP contribution in [0.4, 0.5) is 0 Å². The lowest BCUT2D eigenvalue weighted by molar-refractivity contribution is 0.0964. The molecule has 0 saturated carbocycles. The first-order valence-electron chi connectivity index (χ1n) is 7.12. The second-order valence-electron chi connectivity index (χ2n) is 5.32. The molecule has 0 bridgehead atoms. The van der Waals surface area contributed by atoms with E-state index < -0.39 is 17.7 Å². The highest BCUT2D eigenvalue weighted by atomic mass is 79.9. The number of halogens is 4. The van der Waals surface area contributed by atoms with E-state index in [1.807, 2.05) is 0 Å². The van der Waals surface area contributed by atoms with Gasteiger partial charge in [0.1, 0.15) is 0 Å². The molecule has 6 nitrogen and oxygen atoms in total. The molecule has 0 aromatic heterocycles. The standard InChI is InChI=1S/C15H17Br4N3O3/c16-4-7(18)1-6-2-10(13(20)23)12(15(22)25)9(3-8(19)5-17)11(6)14(21)24/h2,7-8H,1,3-5H2,(H2,20,23)(H2,21,24)(H2,22,25). The Balaban J connectivity index is 3.82. The zero-order chi connectivity index (χ0) is 19.3. The van der Waals surface area contributed by atoms with Gasteiger partial charge in [-0.2, -0.15) is 0 Å². The van der Waals surface area contributed by atoms with Crippen LogP contribution in [0.2, 0.25) is 0 Å². The summed E-state index contributed by atoms with van der Waals surface area (Å²) in [6.07, 6.45) is 0.689. The number of carbonyl (C=O) groups is 3. The van der Waals surface area contributed by atoms with E-state index in [1.165, 1.54) is 6.07 Å². The lowest BCUT2D eigenvalue weighted by Crippen LogP contribution is -2.29. The third-order valence-electron chi connectivity index (χ3n) is 3.47. The van der Waals surface area contributed by atoms with Crippen LogP contribution >= 0.6 is 63.7 Å². The highest BCUT2D eigenvalue weighted by Gasteiger charge is 2.27. The lowest BCUT2D eigenvalue weighted by Gasteiger charge is -2.20. The second kappa shape index (κ2) is 10.0. The number of rotatable bonds is 9. The minimum Gasteiger partial charge on any atom is -0.366 e. The van der Waals surface area contributed by atoms with Crippen molar-refractivity contribution >= 4 is 81.4 Å². The summed E-state index contributed by atoms with van der Waals surface area (Å²) in [5.74, 6) is -2.31. The molecule has 0 aliphatic carbocycles. The number of alkyl halides is 4. The average molecular weight is 607 g/mol. The second-order valence-corrected chi connectivity index (χ2v) is 9.20. The first kappa shape index (κ1) is 22.6. The molecule has 6 N–H and O–H groups in total. The number of benzene rings is 1. The largest absolute Gasteiger partial charge is 0.366 e. The van der Waals surface area contributed by atoms with Crippen molar-refractivity contribution in [1.29, 1.82) is 0 Å². The molecule has 1 aromatic rings. The van der Waals surface area contributed by atoms with Crippen LogP contribution in [0.15, 0.2) is 6.07 Å². The molecular formula is C15H17Br4N3O3. The molecule has 0 heterocycles. The Morgan fingerprint density at radius 1 is 0.840 bits per heavy atom. The van der Waals surface area contributed by atoms with E-state index in [4.69, 9.17) is 17.2 Å². The summed E-state index contributed by atoms with van der Waals surface area (Å²) >= 11 is 13.6. The molecule has 25 heavy (non-hydrogen) atoms. The highest BCUT2D eigenvalue weighted by molar-refractivity contribution is 9.12. The van der Waals surface area contributed by atoms with Gasteiger partial charge in [-0.05, 0) is 30.0 Å². The smallest absolute Gasteiger partial charge is 0.249 e. The van der Waals surface area contributed by atoms with Crippen LogP contribution in [0.5, 0.6) is 0 Å². The highest BCUT2D eigenvalue weighted by Crippen LogP contribution is 2.29. The van der Waals surface area contributed by atoms with Crippen LogP contribution in [-0.2, 0) is 12.8 Å². The van der Waals surface area contributed by atoms with E-state index in [9.17, 15) is 14.4 Å². The molecule has 1 rings (SSSR count). The molecule has 0 saturated heterocycles. The van der Waals surface area contributed by atoms with Crippen molar-refractivity contribution < 1.29 is 14.4 Å². The predicted octanol–water partition coefficient (Wildman–Crippen LogP) is 2.39. The van der Waals surface area contributed by atoms with Gasteiger partial charge in [0, 0.05) is 25.9 Å². The minimum atomic E-state index is -0.831. The molecule has 0 aliphatic rings. The quantitative estimate of drug-likeness (QED) is 0.373. The molecular weight excluding hydrogens is 590 g/mol. The van der Waals surface area contributed by atoms with E-state index >= 15 is 0 Å². The fourth-order valence-corrected chi connectivity index (χ4v) is 3.65. The summed E-state index contributed by atoms with van der Waals surface area (Å²) in [5, 5.41) is 1.18. The summed E-state index contributed by atoms with van der Waals surface area (Å²) in [7, 11) is 0. The van der Waals surface area contributed by atoms with Crippen molar-refractivity contribution in [3.05, 3.63) is 33.9 Å². The Kier molecular flexibility index (Phi) is 9.07. The molecule has 138 valence electrons. The molecule has 1 aromatic carbocycles. The van der Waals surface area contributed by atoms with Crippen molar-refractivity contribution in [2.75, 3.05) is 10.7 Å². The summed E-state index contributed by atoms with van der Waals surface area (Å²) < 4.78 is 0. The van der Waals surface area contributed by atoms with E-state index in [1.54, 1.807) is 0 Å². The summed E-state index contributed by atoms with van der Waals surface area (Å²) in [4.78, 5) is 35.9. The molecule has 2 atom stereocenters. The first-order valence-corrected chi connectivity index (χ1v) is 11.2. The fourth-order valence-electron chi connectivity index (χ4n) is 2.52. The van der Waals surface area contributed by atoms with Gasteiger partial charge in [0.05, 0.1) is 11.1 Å². The van der Waals surface area contributed by atoms with Gasteiger partial charge in [-0.25, -0.2) is 0 Å². The van der Waals surface area contributed by atoms with Crippen LogP contribution in [0.3, 0.4) is 0 Å². The maximum Gasteiger partial charge on any atom is 0.249 e. The molecule has 10 heteroatoms. The maximum atomic E-state index is 12.1. The molecule has 0 fully saturated rings. The van der Waals surface area contributed by atoms with Crippen molar-refractivity contribution in [2.24, 2.45) is 17.2 Å². The normalized spacial score (nSPS) is 13.3. The van der Waals surface area contributed by atoms with E-state index in [-0.39, 0.29) is 32.8 Å². The van der Waals surface area contributed by atoms with Gasteiger partial charge in [-0.3, -0.25) is 14.4 Å². The molecule has 3 amide bonds. The summed E-state index contributed by atoms with van der Waals surface area (Å²) in [5.41, 5.74) is 17.5. The van der Waals surface area contributed by atoms with Crippen LogP contribution < -0.4 is 17.2 Å². The Bertz CT molecular complexity index is 697. The van der Waals surface area contributed by atoms with Crippen molar-refractivity contribution in [1.82, 2.24) is 0 Å². The Labute approximate surface area is 179 Å². The third kappa shape index (κ3) is 5.77. The fraction of sp³-hybridized carbons (Fsp3) is 0.400. The molecule has 0 spiro atoms. The zero-order valence-electron chi connectivity index (χ0n) is 13.0. The third-order valence-corrected chi connectivity index (χ3v) is 8.07. The summed E-state index contributed by atoms with van der Waals surface area (Å²) in [6, 6.07) is 1.43. The van der Waals surface area contributed by atoms with E-state index in [2.05, 4.69) is 63.7 Å². The zero-order valence-corrected chi connectivity index (χ0v) is 19.4. The number of hydrogen-bond acceptors (Lipinski definition) is 3. The number of primary amides is 3. The van der Waals surface area contributed by atoms with E-state index in [0.717, 1.165) is 0 Å². The molecule has 2 unspecified atom stereocenters. The van der Waals surface area contributed by atoms with Crippen LogP contribution in [-0.4, -0.2) is 38.0 Å². The molecule has 0 radical (unpaired) electrons. The summed E-state index contributed by atoms with van der Waals surface area (Å²) in [6.45, 7) is 0. The van der Waals surface area contributed by atoms with Gasteiger partial charge < -0.3 is 17.2 Å². The number of nitrogens with two attached hydrogens (primary N) is 3. The van der Waals surface area contributed by atoms with Gasteiger partial charge in [0.25, 0.3) is 0 Å². The number of amides is 3. The van der Waals surface area contributed by atoms with Gasteiger partial charge in [0.2, 0.25) is 17.7 Å². The Hall–Kier alpha value is -0.450. The predicted molar refractivity (Wildman–Crippen MR) is 112 cm³/mol. The minimum absolute atomic E-state index is 0.00505. The maximum absolute atomic E-state index is 12.1. The van der Waals surface area contributed by atoms with Gasteiger partial charge in [0.15, 0.2) is 0 Å². The van der Waals surface area contributed by atoms with Crippen LogP contribution in [0.1, 0.15) is 42.2 Å². The van der Waals surface area contributed by atoms with Crippen molar-refractivity contribution in [3.63, 3.8) is 0 Å². The molecule has 0 aliphatic heterocycles. The van der Waals surface area contributed by atoms with Gasteiger partial charge in [-0.1, -0.05) is 63.7 Å². The number of carbonyl (C=O) groups excluding carboxylic acids is 3. The van der Waals surface area contributed by atoms with Crippen molar-refractivity contribution in [3.8, 4) is 0 Å². The van der Waals surface area contributed by atoms with Crippen LogP contribution in [0.25, 0.3) is 0 Å². The first-order chi connectivity index (χ1) is 11.6. The van der Waals surface area contributed by atoms with Gasteiger partial charge >= 0.3 is 0 Å². The number of hydrogen-bond donors (Lipinski definition) is 3. The Morgan fingerprint density at radius 3 is 1.72 bits per heavy atom. The Morgan fingerprint density at radius 2 is 1.32 bits per heavy atom.